The van der Waals surface area contributed by atoms with Crippen LogP contribution in [0.5, 0.6) is 5.88 Å². The third-order valence-corrected chi connectivity index (χ3v) is 3.62. The Morgan fingerprint density at radius 2 is 2.00 bits per heavy atom. The smallest absolute Gasteiger partial charge is 0.306 e. The number of ether oxygens (including phenoxy) is 1. The molecule has 1 heterocycles. The largest absolute Gasteiger partial charge is 0.481 e. The molecule has 6 heteroatoms. The molecule has 2 rings (SSSR count). The van der Waals surface area contributed by atoms with Gasteiger partial charge >= 0.3 is 5.97 Å². The Morgan fingerprint density at radius 1 is 1.30 bits per heavy atom. The van der Waals surface area contributed by atoms with Gasteiger partial charge in [0, 0.05) is 18.3 Å². The lowest BCUT2D eigenvalue weighted by molar-refractivity contribution is -0.142. The number of hydrogen-bond acceptors (Lipinski definition) is 4. The zero-order valence-corrected chi connectivity index (χ0v) is 11.3. The van der Waals surface area contributed by atoms with Crippen LogP contribution >= 0.6 is 0 Å². The average Bonchev–Trinajstić information content (AvgIpc) is 2.48. The summed E-state index contributed by atoms with van der Waals surface area (Å²) in [6.45, 7) is 0. The van der Waals surface area contributed by atoms with Gasteiger partial charge in [-0.15, -0.1) is 0 Å². The van der Waals surface area contributed by atoms with Crippen molar-refractivity contribution in [1.29, 1.82) is 0 Å². The number of carboxylic acid groups (broad SMARTS) is 1. The first-order valence-electron chi connectivity index (χ1n) is 6.64. The van der Waals surface area contributed by atoms with Crippen molar-refractivity contribution in [2.45, 2.75) is 31.7 Å². The van der Waals surface area contributed by atoms with E-state index in [-0.39, 0.29) is 17.9 Å². The molecular weight excluding hydrogens is 260 g/mol. The lowest BCUT2D eigenvalue weighted by Crippen LogP contribution is -2.38. The summed E-state index contributed by atoms with van der Waals surface area (Å²) in [7, 11) is 1.52. The second-order valence-electron chi connectivity index (χ2n) is 4.95. The highest BCUT2D eigenvalue weighted by molar-refractivity contribution is 5.94. The van der Waals surface area contributed by atoms with E-state index in [9.17, 15) is 9.59 Å². The van der Waals surface area contributed by atoms with Crippen LogP contribution in [0.25, 0.3) is 0 Å². The zero-order valence-electron chi connectivity index (χ0n) is 11.3. The molecule has 2 N–H and O–H groups in total. The molecule has 6 nitrogen and oxygen atoms in total. The van der Waals surface area contributed by atoms with Crippen LogP contribution in [0.15, 0.2) is 18.3 Å². The lowest BCUT2D eigenvalue weighted by Gasteiger charge is -2.26. The van der Waals surface area contributed by atoms with Gasteiger partial charge in [-0.05, 0) is 31.7 Å². The molecule has 1 aliphatic carbocycles. The van der Waals surface area contributed by atoms with Crippen molar-refractivity contribution in [3.8, 4) is 5.88 Å². The number of carbonyl (C=O) groups excluding carboxylic acids is 1. The van der Waals surface area contributed by atoms with Gasteiger partial charge in [0.1, 0.15) is 0 Å². The summed E-state index contributed by atoms with van der Waals surface area (Å²) < 4.78 is 4.93. The third kappa shape index (κ3) is 3.46. The third-order valence-electron chi connectivity index (χ3n) is 3.62. The van der Waals surface area contributed by atoms with Gasteiger partial charge in [0.2, 0.25) is 5.88 Å². The molecule has 1 aromatic rings. The summed E-state index contributed by atoms with van der Waals surface area (Å²) in [5.41, 5.74) is 0.478. The Bertz CT molecular complexity index is 478. The van der Waals surface area contributed by atoms with Gasteiger partial charge in [-0.1, -0.05) is 0 Å². The van der Waals surface area contributed by atoms with Crippen molar-refractivity contribution in [1.82, 2.24) is 10.3 Å². The highest BCUT2D eigenvalue weighted by Gasteiger charge is 2.26. The number of carbonyl (C=O) groups is 2. The summed E-state index contributed by atoms with van der Waals surface area (Å²) in [4.78, 5) is 26.9. The highest BCUT2D eigenvalue weighted by atomic mass is 16.5. The Kier molecular flexibility index (Phi) is 4.55. The van der Waals surface area contributed by atoms with E-state index < -0.39 is 5.97 Å². The monoisotopic (exact) mass is 278 g/mol. The maximum absolute atomic E-state index is 12.0. The number of rotatable bonds is 4. The Balaban J connectivity index is 1.87. The Morgan fingerprint density at radius 3 is 2.50 bits per heavy atom. The molecule has 0 atom stereocenters. The predicted molar refractivity (Wildman–Crippen MR) is 71.6 cm³/mol. The number of methoxy groups -OCH3 is 1. The molecule has 108 valence electrons. The summed E-state index contributed by atoms with van der Waals surface area (Å²) in [6, 6.07) is 3.33. The van der Waals surface area contributed by atoms with E-state index in [0.717, 1.165) is 0 Å². The molecule has 0 bridgehead atoms. The number of nitrogens with zero attached hydrogens (tertiary/aromatic N) is 1. The minimum absolute atomic E-state index is 0.0419. The van der Waals surface area contributed by atoms with Crippen molar-refractivity contribution in [3.05, 3.63) is 23.9 Å². The molecule has 0 aromatic carbocycles. The first kappa shape index (κ1) is 14.3. The minimum Gasteiger partial charge on any atom is -0.481 e. The molecule has 0 radical (unpaired) electrons. The quantitative estimate of drug-likeness (QED) is 0.870. The molecule has 1 fully saturated rings. The van der Waals surface area contributed by atoms with E-state index in [1.165, 1.54) is 13.3 Å². The van der Waals surface area contributed by atoms with Gasteiger partial charge in [0.25, 0.3) is 5.91 Å². The first-order valence-corrected chi connectivity index (χ1v) is 6.64. The minimum atomic E-state index is -0.742. The normalized spacial score (nSPS) is 22.1. The molecule has 0 spiro atoms. The second kappa shape index (κ2) is 6.36. The maximum Gasteiger partial charge on any atom is 0.306 e. The van der Waals surface area contributed by atoms with Crippen LogP contribution in [0.4, 0.5) is 0 Å². The number of pyridine rings is 1. The zero-order chi connectivity index (χ0) is 14.5. The molecule has 0 aliphatic heterocycles. The number of carboxylic acids is 1. The van der Waals surface area contributed by atoms with Crippen molar-refractivity contribution in [2.24, 2.45) is 5.92 Å². The summed E-state index contributed by atoms with van der Waals surface area (Å²) in [5.74, 6) is -0.734. The first-order chi connectivity index (χ1) is 9.60. The van der Waals surface area contributed by atoms with Gasteiger partial charge in [0.15, 0.2) is 0 Å². The van der Waals surface area contributed by atoms with Crippen LogP contribution in [0.2, 0.25) is 0 Å². The van der Waals surface area contributed by atoms with Crippen molar-refractivity contribution < 1.29 is 19.4 Å². The van der Waals surface area contributed by atoms with Gasteiger partial charge in [-0.3, -0.25) is 9.59 Å². The molecular formula is C14H18N2O4. The van der Waals surface area contributed by atoms with Crippen molar-refractivity contribution >= 4 is 11.9 Å². The number of amides is 1. The van der Waals surface area contributed by atoms with Gasteiger partial charge < -0.3 is 15.2 Å². The topological polar surface area (TPSA) is 88.5 Å². The molecule has 1 aromatic heterocycles. The fourth-order valence-electron chi connectivity index (χ4n) is 2.39. The molecule has 1 amide bonds. The highest BCUT2D eigenvalue weighted by Crippen LogP contribution is 2.24. The van der Waals surface area contributed by atoms with Gasteiger partial charge in [-0.25, -0.2) is 4.98 Å². The van der Waals surface area contributed by atoms with Crippen LogP contribution in [0.3, 0.4) is 0 Å². The van der Waals surface area contributed by atoms with Gasteiger partial charge in [0.05, 0.1) is 18.6 Å². The van der Waals surface area contributed by atoms with Crippen molar-refractivity contribution in [2.75, 3.05) is 7.11 Å². The fraction of sp³-hybridized carbons (Fsp3) is 0.500. The van der Waals surface area contributed by atoms with Crippen LogP contribution in [0.1, 0.15) is 36.0 Å². The van der Waals surface area contributed by atoms with E-state index in [0.29, 0.717) is 37.1 Å². The molecule has 1 saturated carbocycles. The van der Waals surface area contributed by atoms with Gasteiger partial charge in [-0.2, -0.15) is 0 Å². The number of aromatic nitrogens is 1. The predicted octanol–water partition coefficient (Wildman–Crippen LogP) is 1.46. The SMILES string of the molecule is COc1ccc(C(=O)NC2CCC(C(=O)O)CC2)cn1. The van der Waals surface area contributed by atoms with E-state index in [2.05, 4.69) is 10.3 Å². The fourth-order valence-corrected chi connectivity index (χ4v) is 2.39. The lowest BCUT2D eigenvalue weighted by atomic mass is 9.86. The number of hydrogen-bond donors (Lipinski definition) is 2. The van der Waals surface area contributed by atoms with Crippen LogP contribution in [0, 0.1) is 5.92 Å². The Hall–Kier alpha value is -2.11. The summed E-state index contributed by atoms with van der Waals surface area (Å²) in [6.07, 6.45) is 4.10. The van der Waals surface area contributed by atoms with Crippen LogP contribution in [-0.4, -0.2) is 35.1 Å². The van der Waals surface area contributed by atoms with Crippen molar-refractivity contribution in [3.63, 3.8) is 0 Å². The van der Waals surface area contributed by atoms with Crippen LogP contribution < -0.4 is 10.1 Å². The summed E-state index contributed by atoms with van der Waals surface area (Å²) >= 11 is 0. The molecule has 1 aliphatic rings. The van der Waals surface area contributed by atoms with E-state index in [4.69, 9.17) is 9.84 Å². The van der Waals surface area contributed by atoms with Crippen LogP contribution in [-0.2, 0) is 4.79 Å². The van der Waals surface area contributed by atoms with E-state index in [1.54, 1.807) is 12.1 Å². The number of aliphatic carboxylic acids is 1. The standard InChI is InChI=1S/C14H18N2O4/c1-20-12-7-4-10(8-15-12)13(17)16-11-5-2-9(3-6-11)14(18)19/h4,7-9,11H,2-3,5-6H2,1H3,(H,16,17)(H,18,19). The Labute approximate surface area is 117 Å². The maximum atomic E-state index is 12.0. The molecule has 0 unspecified atom stereocenters. The average molecular weight is 278 g/mol. The molecule has 20 heavy (non-hydrogen) atoms. The van der Waals surface area contributed by atoms with E-state index in [1.807, 2.05) is 0 Å². The van der Waals surface area contributed by atoms with E-state index >= 15 is 0 Å². The number of nitrogens with one attached hydrogen (secondary N) is 1. The summed E-state index contributed by atoms with van der Waals surface area (Å²) in [5, 5.41) is 11.8. The molecule has 0 saturated heterocycles. The second-order valence-corrected chi connectivity index (χ2v) is 4.95.